The highest BCUT2D eigenvalue weighted by atomic mass is 35.5. The second-order valence-electron chi connectivity index (χ2n) is 3.62. The Bertz CT molecular complexity index is 389. The van der Waals surface area contributed by atoms with E-state index in [0.29, 0.717) is 11.2 Å². The number of carbonyl (C=O) groups is 1. The number of carboxylic acid groups (broad SMARTS) is 1. The summed E-state index contributed by atoms with van der Waals surface area (Å²) in [5.41, 5.74) is 0. The number of carboxylic acids is 1. The molecule has 1 heterocycles. The van der Waals surface area contributed by atoms with E-state index in [1.807, 2.05) is 11.9 Å². The molecular formula is C9H11ClN2O2S. The highest BCUT2D eigenvalue weighted by Crippen LogP contribution is 2.34. The molecule has 0 bridgehead atoms. The first-order valence-corrected chi connectivity index (χ1v) is 5.91. The Hall–Kier alpha value is -0.810. The maximum Gasteiger partial charge on any atom is 0.349 e. The van der Waals surface area contributed by atoms with Crippen molar-refractivity contribution in [3.05, 3.63) is 10.0 Å². The predicted octanol–water partition coefficient (Wildman–Crippen LogP) is 2.48. The summed E-state index contributed by atoms with van der Waals surface area (Å²) < 4.78 is 0. The van der Waals surface area contributed by atoms with Crippen molar-refractivity contribution in [3.63, 3.8) is 0 Å². The number of hydrogen-bond acceptors (Lipinski definition) is 4. The molecule has 1 N–H and O–H groups in total. The number of halogens is 1. The standard InChI is InChI=1S/C9H11ClN2O2S/c1-12(5-3-2-4-5)9-11-7(10)6(15-9)8(13)14/h5H,2-4H2,1H3,(H,13,14). The first kappa shape index (κ1) is 10.7. The van der Waals surface area contributed by atoms with Crippen molar-refractivity contribution < 1.29 is 9.90 Å². The van der Waals surface area contributed by atoms with Crippen molar-refractivity contribution in [1.29, 1.82) is 0 Å². The molecule has 1 aliphatic rings. The van der Waals surface area contributed by atoms with Gasteiger partial charge in [0.25, 0.3) is 0 Å². The summed E-state index contributed by atoms with van der Waals surface area (Å²) in [7, 11) is 1.94. The molecule has 2 rings (SSSR count). The van der Waals surface area contributed by atoms with E-state index in [-0.39, 0.29) is 10.0 Å². The molecule has 82 valence electrons. The van der Waals surface area contributed by atoms with Gasteiger partial charge in [0.05, 0.1) is 0 Å². The average molecular weight is 247 g/mol. The van der Waals surface area contributed by atoms with Gasteiger partial charge in [0.2, 0.25) is 0 Å². The zero-order valence-corrected chi connectivity index (χ0v) is 9.81. The van der Waals surface area contributed by atoms with Gasteiger partial charge in [-0.25, -0.2) is 9.78 Å². The third-order valence-electron chi connectivity index (χ3n) is 2.69. The number of nitrogens with zero attached hydrogens (tertiary/aromatic N) is 2. The first-order valence-electron chi connectivity index (χ1n) is 4.72. The maximum absolute atomic E-state index is 10.8. The molecule has 0 atom stereocenters. The van der Waals surface area contributed by atoms with Crippen LogP contribution in [0.5, 0.6) is 0 Å². The molecule has 1 aromatic rings. The molecule has 1 fully saturated rings. The minimum atomic E-state index is -1.01. The van der Waals surface area contributed by atoms with Gasteiger partial charge < -0.3 is 10.0 Å². The lowest BCUT2D eigenvalue weighted by molar-refractivity contribution is 0.0702. The molecule has 15 heavy (non-hydrogen) atoms. The Kier molecular flexibility index (Phi) is 2.84. The molecule has 0 unspecified atom stereocenters. The van der Waals surface area contributed by atoms with Crippen molar-refractivity contribution in [1.82, 2.24) is 4.98 Å². The Morgan fingerprint density at radius 1 is 1.67 bits per heavy atom. The van der Waals surface area contributed by atoms with Crippen LogP contribution >= 0.6 is 22.9 Å². The first-order chi connectivity index (χ1) is 7.09. The summed E-state index contributed by atoms with van der Waals surface area (Å²) in [4.78, 5) is 17.0. The van der Waals surface area contributed by atoms with E-state index in [0.717, 1.165) is 24.2 Å². The molecule has 0 aromatic carbocycles. The lowest BCUT2D eigenvalue weighted by Gasteiger charge is -2.34. The number of thiazole rings is 1. The number of hydrogen-bond donors (Lipinski definition) is 1. The van der Waals surface area contributed by atoms with E-state index in [4.69, 9.17) is 16.7 Å². The molecule has 0 radical (unpaired) electrons. The monoisotopic (exact) mass is 246 g/mol. The molecule has 4 nitrogen and oxygen atoms in total. The van der Waals surface area contributed by atoms with Crippen LogP contribution in [0.15, 0.2) is 0 Å². The van der Waals surface area contributed by atoms with Gasteiger partial charge in [-0.05, 0) is 19.3 Å². The van der Waals surface area contributed by atoms with Crippen molar-refractivity contribution in [2.75, 3.05) is 11.9 Å². The third-order valence-corrected chi connectivity index (χ3v) is 4.21. The van der Waals surface area contributed by atoms with Gasteiger partial charge in [-0.1, -0.05) is 22.9 Å². The zero-order valence-electron chi connectivity index (χ0n) is 8.23. The summed E-state index contributed by atoms with van der Waals surface area (Å²) in [5.74, 6) is -1.01. The molecule has 1 saturated carbocycles. The van der Waals surface area contributed by atoms with Gasteiger partial charge in [0, 0.05) is 13.1 Å². The van der Waals surface area contributed by atoms with Crippen LogP contribution in [0.1, 0.15) is 28.9 Å². The SMILES string of the molecule is CN(c1nc(Cl)c(C(=O)O)s1)C1CCC1. The van der Waals surface area contributed by atoms with Crippen LogP contribution in [0.4, 0.5) is 5.13 Å². The Labute approximate surface area is 96.5 Å². The van der Waals surface area contributed by atoms with E-state index in [1.54, 1.807) is 0 Å². The molecule has 0 amide bonds. The summed E-state index contributed by atoms with van der Waals surface area (Å²) in [6, 6.07) is 0.494. The molecule has 1 aromatic heterocycles. The van der Waals surface area contributed by atoms with E-state index in [1.165, 1.54) is 6.42 Å². The normalized spacial score (nSPS) is 16.1. The average Bonchev–Trinajstić information content (AvgIpc) is 2.44. The lowest BCUT2D eigenvalue weighted by atomic mass is 9.92. The van der Waals surface area contributed by atoms with E-state index in [9.17, 15) is 4.79 Å². The molecule has 1 aliphatic carbocycles. The quantitative estimate of drug-likeness (QED) is 0.890. The van der Waals surface area contributed by atoms with Gasteiger partial charge in [0.15, 0.2) is 15.2 Å². The van der Waals surface area contributed by atoms with Crippen LogP contribution in [0, 0.1) is 0 Å². The fourth-order valence-electron chi connectivity index (χ4n) is 1.50. The Balaban J connectivity index is 2.21. The van der Waals surface area contributed by atoms with E-state index < -0.39 is 5.97 Å². The predicted molar refractivity (Wildman–Crippen MR) is 60.1 cm³/mol. The van der Waals surface area contributed by atoms with Crippen molar-refractivity contribution in [2.45, 2.75) is 25.3 Å². The number of rotatable bonds is 3. The maximum atomic E-state index is 10.8. The summed E-state index contributed by atoms with van der Waals surface area (Å²) in [6.45, 7) is 0. The number of anilines is 1. The van der Waals surface area contributed by atoms with Crippen LogP contribution in [-0.4, -0.2) is 29.1 Å². The molecule has 0 saturated heterocycles. The van der Waals surface area contributed by atoms with E-state index >= 15 is 0 Å². The lowest BCUT2D eigenvalue weighted by Crippen LogP contribution is -2.36. The zero-order chi connectivity index (χ0) is 11.0. The molecule has 0 aliphatic heterocycles. The molecular weight excluding hydrogens is 236 g/mol. The van der Waals surface area contributed by atoms with Crippen LogP contribution in [-0.2, 0) is 0 Å². The van der Waals surface area contributed by atoms with Crippen LogP contribution in [0.3, 0.4) is 0 Å². The fraction of sp³-hybridized carbons (Fsp3) is 0.556. The second kappa shape index (κ2) is 3.98. The number of aromatic carboxylic acids is 1. The van der Waals surface area contributed by atoms with Crippen molar-refractivity contribution in [2.24, 2.45) is 0 Å². The molecule has 0 spiro atoms. The highest BCUT2D eigenvalue weighted by Gasteiger charge is 2.26. The third kappa shape index (κ3) is 1.94. The van der Waals surface area contributed by atoms with Crippen LogP contribution < -0.4 is 4.90 Å². The van der Waals surface area contributed by atoms with Crippen molar-refractivity contribution in [3.8, 4) is 0 Å². The van der Waals surface area contributed by atoms with E-state index in [2.05, 4.69) is 4.98 Å². The topological polar surface area (TPSA) is 53.4 Å². The minimum absolute atomic E-state index is 0.0914. The smallest absolute Gasteiger partial charge is 0.349 e. The summed E-state index contributed by atoms with van der Waals surface area (Å²) in [6.07, 6.45) is 3.53. The minimum Gasteiger partial charge on any atom is -0.477 e. The largest absolute Gasteiger partial charge is 0.477 e. The Morgan fingerprint density at radius 2 is 2.33 bits per heavy atom. The van der Waals surface area contributed by atoms with Gasteiger partial charge in [-0.15, -0.1) is 0 Å². The van der Waals surface area contributed by atoms with Gasteiger partial charge in [-0.3, -0.25) is 0 Å². The number of aromatic nitrogens is 1. The van der Waals surface area contributed by atoms with Crippen LogP contribution in [0.25, 0.3) is 0 Å². The fourth-order valence-corrected chi connectivity index (χ4v) is 2.66. The Morgan fingerprint density at radius 3 is 2.73 bits per heavy atom. The summed E-state index contributed by atoms with van der Waals surface area (Å²) in [5, 5.41) is 9.63. The van der Waals surface area contributed by atoms with Crippen LogP contribution in [0.2, 0.25) is 5.15 Å². The second-order valence-corrected chi connectivity index (χ2v) is 4.95. The summed E-state index contributed by atoms with van der Waals surface area (Å²) >= 11 is 6.88. The molecule has 6 heteroatoms. The van der Waals surface area contributed by atoms with Gasteiger partial charge >= 0.3 is 5.97 Å². The van der Waals surface area contributed by atoms with Gasteiger partial charge in [0.1, 0.15) is 0 Å². The van der Waals surface area contributed by atoms with Crippen molar-refractivity contribution >= 4 is 34.0 Å². The van der Waals surface area contributed by atoms with Gasteiger partial charge in [-0.2, -0.15) is 0 Å². The highest BCUT2D eigenvalue weighted by molar-refractivity contribution is 7.18.